The first-order chi connectivity index (χ1) is 14.8. The summed E-state index contributed by atoms with van der Waals surface area (Å²) in [6, 6.07) is 12.6. The number of sulfonamides is 1. The third kappa shape index (κ3) is 4.86. The Morgan fingerprint density at radius 2 is 2.03 bits per heavy atom. The largest absolute Gasteiger partial charge is 0.452 e. The van der Waals surface area contributed by atoms with Gasteiger partial charge in [-0.1, -0.05) is 12.1 Å². The average molecular weight is 460 g/mol. The number of nitrogens with zero attached hydrogens (tertiary/aromatic N) is 2. The van der Waals surface area contributed by atoms with Crippen molar-refractivity contribution in [3.63, 3.8) is 0 Å². The first-order valence-corrected chi connectivity index (χ1v) is 12.4. The zero-order chi connectivity index (χ0) is 22.0. The van der Waals surface area contributed by atoms with E-state index in [0.717, 1.165) is 27.0 Å². The van der Waals surface area contributed by atoms with E-state index in [1.54, 1.807) is 23.5 Å². The molecule has 1 aromatic heterocycles. The number of esters is 1. The second-order valence-electron chi connectivity index (χ2n) is 7.18. The number of thiazole rings is 1. The molecule has 0 radical (unpaired) electrons. The summed E-state index contributed by atoms with van der Waals surface area (Å²) in [5, 5.41) is 3.65. The van der Waals surface area contributed by atoms with Gasteiger partial charge in [0.25, 0.3) is 5.91 Å². The van der Waals surface area contributed by atoms with Crippen LogP contribution in [-0.4, -0.2) is 51.2 Å². The van der Waals surface area contributed by atoms with Crippen molar-refractivity contribution in [3.05, 3.63) is 58.6 Å². The highest BCUT2D eigenvalue weighted by molar-refractivity contribution is 7.92. The number of benzene rings is 2. The van der Waals surface area contributed by atoms with Crippen LogP contribution in [0.4, 0.5) is 5.69 Å². The van der Waals surface area contributed by atoms with Gasteiger partial charge in [-0.05, 0) is 42.3 Å². The summed E-state index contributed by atoms with van der Waals surface area (Å²) >= 11 is 1.59. The minimum Gasteiger partial charge on any atom is -0.452 e. The first-order valence-electron chi connectivity index (χ1n) is 9.70. The molecule has 3 aromatic rings. The lowest BCUT2D eigenvalue weighted by molar-refractivity contribution is -0.124. The van der Waals surface area contributed by atoms with Gasteiger partial charge in [0.1, 0.15) is 0 Å². The summed E-state index contributed by atoms with van der Waals surface area (Å²) in [6.07, 6.45) is 2.27. The number of hydrogen-bond donors (Lipinski definition) is 1. The maximum Gasteiger partial charge on any atom is 0.338 e. The van der Waals surface area contributed by atoms with Crippen molar-refractivity contribution in [3.8, 4) is 0 Å². The number of fused-ring (bicyclic) bond motifs is 2. The molecule has 0 bridgehead atoms. The Balaban J connectivity index is 1.26. The monoisotopic (exact) mass is 459 g/mol. The van der Waals surface area contributed by atoms with Crippen LogP contribution in [0.1, 0.15) is 20.9 Å². The van der Waals surface area contributed by atoms with Crippen molar-refractivity contribution in [2.45, 2.75) is 12.8 Å². The molecule has 0 fully saturated rings. The summed E-state index contributed by atoms with van der Waals surface area (Å²) < 4.78 is 31.1. The van der Waals surface area contributed by atoms with Gasteiger partial charge in [0.15, 0.2) is 6.61 Å². The zero-order valence-corrected chi connectivity index (χ0v) is 18.5. The van der Waals surface area contributed by atoms with Gasteiger partial charge in [0.2, 0.25) is 10.0 Å². The average Bonchev–Trinajstić information content (AvgIpc) is 3.34. The van der Waals surface area contributed by atoms with Crippen LogP contribution in [-0.2, 0) is 32.4 Å². The predicted octanol–water partition coefficient (Wildman–Crippen LogP) is 2.13. The van der Waals surface area contributed by atoms with Crippen LogP contribution in [0.3, 0.4) is 0 Å². The van der Waals surface area contributed by atoms with Crippen LogP contribution < -0.4 is 9.62 Å². The molecular weight excluding hydrogens is 438 g/mol. The van der Waals surface area contributed by atoms with E-state index in [2.05, 4.69) is 10.3 Å². The quantitative estimate of drug-likeness (QED) is 0.543. The van der Waals surface area contributed by atoms with Crippen LogP contribution in [0.15, 0.2) is 42.5 Å². The van der Waals surface area contributed by atoms with E-state index in [1.807, 2.05) is 24.3 Å². The highest BCUT2D eigenvalue weighted by Gasteiger charge is 2.27. The van der Waals surface area contributed by atoms with E-state index in [0.29, 0.717) is 31.6 Å². The van der Waals surface area contributed by atoms with E-state index in [-0.39, 0.29) is 18.1 Å². The maximum atomic E-state index is 12.3. The van der Waals surface area contributed by atoms with Gasteiger partial charge in [-0.2, -0.15) is 0 Å². The van der Waals surface area contributed by atoms with E-state index >= 15 is 0 Å². The standard InChI is InChI=1S/C21H21N3O5S2/c1-31(27,28)24-11-9-14-12-15(6-7-17(14)24)21(26)29-13-19(25)22-10-8-20-23-16-4-2-3-5-18(16)30-20/h2-7,12H,8-11,13H2,1H3,(H,22,25). The van der Waals surface area contributed by atoms with Crippen LogP contribution in [0.2, 0.25) is 0 Å². The highest BCUT2D eigenvalue weighted by Crippen LogP contribution is 2.30. The molecule has 8 nitrogen and oxygen atoms in total. The second kappa shape index (κ2) is 8.64. The molecule has 1 aliphatic rings. The highest BCUT2D eigenvalue weighted by atomic mass is 32.2. The third-order valence-electron chi connectivity index (χ3n) is 4.90. The topological polar surface area (TPSA) is 106 Å². The smallest absolute Gasteiger partial charge is 0.338 e. The Hall–Kier alpha value is -2.98. The summed E-state index contributed by atoms with van der Waals surface area (Å²) in [5.41, 5.74) is 2.57. The molecule has 162 valence electrons. The molecule has 0 unspecified atom stereocenters. The van der Waals surface area contributed by atoms with E-state index in [1.165, 1.54) is 10.4 Å². The van der Waals surface area contributed by atoms with Crippen molar-refractivity contribution in [1.82, 2.24) is 10.3 Å². The van der Waals surface area contributed by atoms with E-state index in [9.17, 15) is 18.0 Å². The molecule has 0 atom stereocenters. The fourth-order valence-corrected chi connectivity index (χ4v) is 5.37. The molecule has 0 saturated carbocycles. The lowest BCUT2D eigenvalue weighted by Crippen LogP contribution is -2.30. The fourth-order valence-electron chi connectivity index (χ4n) is 3.44. The van der Waals surface area contributed by atoms with Gasteiger partial charge in [-0.3, -0.25) is 9.10 Å². The molecule has 31 heavy (non-hydrogen) atoms. The van der Waals surface area contributed by atoms with Gasteiger partial charge in [0.05, 0.1) is 32.7 Å². The minimum absolute atomic E-state index is 0.288. The van der Waals surface area contributed by atoms with Crippen molar-refractivity contribution in [1.29, 1.82) is 0 Å². The van der Waals surface area contributed by atoms with Crippen LogP contribution in [0, 0.1) is 0 Å². The molecule has 4 rings (SSSR count). The molecule has 0 saturated heterocycles. The van der Waals surface area contributed by atoms with Crippen molar-refractivity contribution in [2.75, 3.05) is 30.3 Å². The molecule has 0 aliphatic carbocycles. The summed E-state index contributed by atoms with van der Waals surface area (Å²) in [4.78, 5) is 28.8. The first kappa shape index (κ1) is 21.3. The normalized spacial score (nSPS) is 13.3. The van der Waals surface area contributed by atoms with E-state index in [4.69, 9.17) is 4.74 Å². The summed E-state index contributed by atoms with van der Waals surface area (Å²) in [6.45, 7) is 0.366. The van der Waals surface area contributed by atoms with Crippen molar-refractivity contribution < 1.29 is 22.7 Å². The van der Waals surface area contributed by atoms with Gasteiger partial charge >= 0.3 is 5.97 Å². The Morgan fingerprint density at radius 1 is 1.23 bits per heavy atom. The third-order valence-corrected chi connectivity index (χ3v) is 7.18. The Labute approximate surface area is 183 Å². The van der Waals surface area contributed by atoms with Crippen LogP contribution in [0.5, 0.6) is 0 Å². The number of carbonyl (C=O) groups excluding carboxylic acids is 2. The fraction of sp³-hybridized carbons (Fsp3) is 0.286. The number of aromatic nitrogens is 1. The molecule has 2 aromatic carbocycles. The molecule has 1 aliphatic heterocycles. The zero-order valence-electron chi connectivity index (χ0n) is 16.8. The lowest BCUT2D eigenvalue weighted by atomic mass is 10.1. The van der Waals surface area contributed by atoms with Gasteiger partial charge < -0.3 is 10.1 Å². The number of nitrogens with one attached hydrogen (secondary N) is 1. The minimum atomic E-state index is -3.35. The summed E-state index contributed by atoms with van der Waals surface area (Å²) in [7, 11) is -3.35. The molecule has 0 spiro atoms. The molecule has 1 N–H and O–H groups in total. The van der Waals surface area contributed by atoms with Crippen LogP contribution >= 0.6 is 11.3 Å². The van der Waals surface area contributed by atoms with Crippen LogP contribution in [0.25, 0.3) is 10.2 Å². The number of para-hydroxylation sites is 1. The molecule has 2 heterocycles. The number of rotatable bonds is 7. The number of amides is 1. The summed E-state index contributed by atoms with van der Waals surface area (Å²) in [5.74, 6) is -1.01. The number of anilines is 1. The van der Waals surface area contributed by atoms with Gasteiger partial charge in [0, 0.05) is 19.5 Å². The number of hydrogen-bond acceptors (Lipinski definition) is 7. The Kier molecular flexibility index (Phi) is 5.92. The van der Waals surface area contributed by atoms with Gasteiger partial charge in [-0.25, -0.2) is 18.2 Å². The van der Waals surface area contributed by atoms with E-state index < -0.39 is 16.0 Å². The predicted molar refractivity (Wildman–Crippen MR) is 119 cm³/mol. The van der Waals surface area contributed by atoms with Gasteiger partial charge in [-0.15, -0.1) is 11.3 Å². The molecule has 1 amide bonds. The molecular formula is C21H21N3O5S2. The SMILES string of the molecule is CS(=O)(=O)N1CCc2cc(C(=O)OCC(=O)NCCc3nc4ccccc4s3)ccc21. The Morgan fingerprint density at radius 3 is 2.81 bits per heavy atom. The maximum absolute atomic E-state index is 12.3. The Bertz CT molecular complexity index is 1220. The lowest BCUT2D eigenvalue weighted by Gasteiger charge is -2.16. The number of carbonyl (C=O) groups is 2. The number of ether oxygens (including phenoxy) is 1. The van der Waals surface area contributed by atoms with Crippen molar-refractivity contribution in [2.24, 2.45) is 0 Å². The van der Waals surface area contributed by atoms with Crippen molar-refractivity contribution >= 4 is 49.1 Å². The second-order valence-corrected chi connectivity index (χ2v) is 10.2. The molecule has 10 heteroatoms.